The van der Waals surface area contributed by atoms with Crippen molar-refractivity contribution in [3.63, 3.8) is 0 Å². The number of furan rings is 1. The Morgan fingerprint density at radius 3 is 2.71 bits per heavy atom. The summed E-state index contributed by atoms with van der Waals surface area (Å²) in [6.45, 7) is 3.87. The Bertz CT molecular complexity index is 665. The third-order valence-corrected chi connectivity index (χ3v) is 2.72. The number of fused-ring (bicyclic) bond motifs is 1. The topological polar surface area (TPSA) is 38.9 Å². The summed E-state index contributed by atoms with van der Waals surface area (Å²) in [6, 6.07) is 9.94. The van der Waals surface area contributed by atoms with Gasteiger partial charge in [-0.25, -0.2) is 9.97 Å². The van der Waals surface area contributed by atoms with Gasteiger partial charge in [0, 0.05) is 16.6 Å². The fraction of sp³-hybridized carbons (Fsp3) is 0.143. The molecule has 0 amide bonds. The first-order valence-electron chi connectivity index (χ1n) is 5.53. The van der Waals surface area contributed by atoms with E-state index in [1.54, 1.807) is 6.26 Å². The van der Waals surface area contributed by atoms with E-state index in [-0.39, 0.29) is 0 Å². The highest BCUT2D eigenvalue weighted by Crippen LogP contribution is 2.29. The summed E-state index contributed by atoms with van der Waals surface area (Å²) in [5.41, 5.74) is 3.79. The Labute approximate surface area is 99.1 Å². The number of aryl methyl sites for hydroxylation is 2. The van der Waals surface area contributed by atoms with E-state index in [4.69, 9.17) is 4.42 Å². The Kier molecular flexibility index (Phi) is 2.18. The molecule has 0 atom stereocenters. The molecular weight excluding hydrogens is 212 g/mol. The molecule has 2 aromatic heterocycles. The molecule has 0 aliphatic carbocycles. The van der Waals surface area contributed by atoms with Crippen molar-refractivity contribution in [2.45, 2.75) is 13.8 Å². The van der Waals surface area contributed by atoms with Crippen LogP contribution >= 0.6 is 0 Å². The largest absolute Gasteiger partial charge is 0.464 e. The van der Waals surface area contributed by atoms with Crippen LogP contribution in [0.5, 0.6) is 0 Å². The first kappa shape index (κ1) is 10.0. The molecule has 0 N–H and O–H groups in total. The highest BCUT2D eigenvalue weighted by molar-refractivity contribution is 5.92. The summed E-state index contributed by atoms with van der Waals surface area (Å²) in [6.07, 6.45) is 1.76. The molecule has 17 heavy (non-hydrogen) atoms. The number of benzene rings is 1. The van der Waals surface area contributed by atoms with Crippen molar-refractivity contribution in [1.82, 2.24) is 9.97 Å². The molecule has 3 nitrogen and oxygen atoms in total. The Hall–Kier alpha value is -2.16. The van der Waals surface area contributed by atoms with Gasteiger partial charge in [-0.1, -0.05) is 18.2 Å². The van der Waals surface area contributed by atoms with Gasteiger partial charge < -0.3 is 4.42 Å². The maximum atomic E-state index is 5.52. The first-order chi connectivity index (χ1) is 8.24. The van der Waals surface area contributed by atoms with Crippen molar-refractivity contribution in [3.8, 4) is 11.3 Å². The zero-order chi connectivity index (χ0) is 11.8. The minimum Gasteiger partial charge on any atom is -0.464 e. The van der Waals surface area contributed by atoms with Gasteiger partial charge in [-0.2, -0.15) is 0 Å². The number of hydrogen-bond acceptors (Lipinski definition) is 3. The lowest BCUT2D eigenvalue weighted by molar-refractivity contribution is 0.616. The van der Waals surface area contributed by atoms with Crippen LogP contribution in [0.1, 0.15) is 11.5 Å². The molecule has 0 saturated carbocycles. The Morgan fingerprint density at radius 1 is 1.06 bits per heavy atom. The summed E-state index contributed by atoms with van der Waals surface area (Å²) >= 11 is 0. The summed E-state index contributed by atoms with van der Waals surface area (Å²) in [7, 11) is 0. The van der Waals surface area contributed by atoms with Gasteiger partial charge in [0.1, 0.15) is 17.7 Å². The maximum Gasteiger partial charge on any atom is 0.134 e. The minimum atomic E-state index is 0.783. The highest BCUT2D eigenvalue weighted by atomic mass is 16.3. The van der Waals surface area contributed by atoms with E-state index in [1.807, 2.05) is 44.2 Å². The van der Waals surface area contributed by atoms with Crippen LogP contribution in [0.2, 0.25) is 0 Å². The molecule has 0 bridgehead atoms. The van der Waals surface area contributed by atoms with Gasteiger partial charge in [0.25, 0.3) is 0 Å². The van der Waals surface area contributed by atoms with Gasteiger partial charge in [0.15, 0.2) is 0 Å². The molecule has 0 spiro atoms. The zero-order valence-electron chi connectivity index (χ0n) is 9.77. The average Bonchev–Trinajstić information content (AvgIpc) is 2.71. The second-order valence-electron chi connectivity index (χ2n) is 4.09. The average molecular weight is 224 g/mol. The molecule has 84 valence electrons. The lowest BCUT2D eigenvalue weighted by Crippen LogP contribution is -1.93. The van der Waals surface area contributed by atoms with E-state index < -0.39 is 0 Å². The molecule has 3 aromatic rings. The van der Waals surface area contributed by atoms with Crippen LogP contribution in [0.15, 0.2) is 41.0 Å². The van der Waals surface area contributed by atoms with Crippen molar-refractivity contribution >= 4 is 11.0 Å². The quantitative estimate of drug-likeness (QED) is 0.635. The van der Waals surface area contributed by atoms with Gasteiger partial charge >= 0.3 is 0 Å². The van der Waals surface area contributed by atoms with Gasteiger partial charge in [-0.3, -0.25) is 0 Å². The molecule has 3 heteroatoms. The predicted octanol–water partition coefficient (Wildman–Crippen LogP) is 3.51. The van der Waals surface area contributed by atoms with Crippen molar-refractivity contribution < 1.29 is 4.42 Å². The molecular formula is C14H12N2O. The van der Waals surface area contributed by atoms with Crippen LogP contribution in [-0.2, 0) is 0 Å². The van der Waals surface area contributed by atoms with Gasteiger partial charge in [-0.05, 0) is 26.0 Å². The third kappa shape index (κ3) is 1.69. The van der Waals surface area contributed by atoms with E-state index in [1.165, 1.54) is 0 Å². The van der Waals surface area contributed by atoms with E-state index >= 15 is 0 Å². The first-order valence-corrected chi connectivity index (χ1v) is 5.53. The molecule has 0 saturated heterocycles. The normalized spacial score (nSPS) is 10.9. The molecule has 0 aliphatic rings. The van der Waals surface area contributed by atoms with E-state index in [2.05, 4.69) is 9.97 Å². The van der Waals surface area contributed by atoms with Crippen LogP contribution in [-0.4, -0.2) is 9.97 Å². The number of nitrogens with zero attached hydrogens (tertiary/aromatic N) is 2. The fourth-order valence-electron chi connectivity index (χ4n) is 2.03. The fourth-order valence-corrected chi connectivity index (χ4v) is 2.03. The smallest absolute Gasteiger partial charge is 0.134 e. The van der Waals surface area contributed by atoms with E-state index in [0.717, 1.165) is 33.7 Å². The standard InChI is InChI=1S/C14H12N2O/c1-9-7-13(16-10(2)15-9)12-8-17-14-6-4-3-5-11(12)14/h3-8H,1-2H3. The van der Waals surface area contributed by atoms with Crippen LogP contribution in [0.4, 0.5) is 0 Å². The van der Waals surface area contributed by atoms with E-state index in [0.29, 0.717) is 0 Å². The number of rotatable bonds is 1. The molecule has 0 radical (unpaired) electrons. The second kappa shape index (κ2) is 3.70. The minimum absolute atomic E-state index is 0.783. The van der Waals surface area contributed by atoms with Crippen LogP contribution in [0.3, 0.4) is 0 Å². The van der Waals surface area contributed by atoms with Crippen molar-refractivity contribution in [2.24, 2.45) is 0 Å². The van der Waals surface area contributed by atoms with Crippen LogP contribution in [0, 0.1) is 13.8 Å². The third-order valence-electron chi connectivity index (χ3n) is 2.72. The van der Waals surface area contributed by atoms with Gasteiger partial charge in [0.2, 0.25) is 0 Å². The molecule has 0 fully saturated rings. The van der Waals surface area contributed by atoms with E-state index in [9.17, 15) is 0 Å². The van der Waals surface area contributed by atoms with Gasteiger partial charge in [0.05, 0.1) is 5.69 Å². The Balaban J connectivity index is 2.27. The van der Waals surface area contributed by atoms with Crippen molar-refractivity contribution in [2.75, 3.05) is 0 Å². The van der Waals surface area contributed by atoms with Crippen LogP contribution < -0.4 is 0 Å². The molecule has 1 aromatic carbocycles. The molecule has 2 heterocycles. The number of hydrogen-bond donors (Lipinski definition) is 0. The molecule has 0 aliphatic heterocycles. The summed E-state index contributed by atoms with van der Waals surface area (Å²) in [4.78, 5) is 8.74. The zero-order valence-corrected chi connectivity index (χ0v) is 9.77. The number of para-hydroxylation sites is 1. The van der Waals surface area contributed by atoms with Gasteiger partial charge in [-0.15, -0.1) is 0 Å². The summed E-state index contributed by atoms with van der Waals surface area (Å²) in [5.74, 6) is 0.783. The van der Waals surface area contributed by atoms with Crippen molar-refractivity contribution in [1.29, 1.82) is 0 Å². The second-order valence-corrected chi connectivity index (χ2v) is 4.09. The monoisotopic (exact) mass is 224 g/mol. The molecule has 3 rings (SSSR count). The lowest BCUT2D eigenvalue weighted by atomic mass is 10.1. The summed E-state index contributed by atoms with van der Waals surface area (Å²) in [5, 5.41) is 1.09. The SMILES string of the molecule is Cc1cc(-c2coc3ccccc23)nc(C)n1. The maximum absolute atomic E-state index is 5.52. The van der Waals surface area contributed by atoms with Crippen LogP contribution in [0.25, 0.3) is 22.2 Å². The molecule has 0 unspecified atom stereocenters. The predicted molar refractivity (Wildman–Crippen MR) is 66.7 cm³/mol. The highest BCUT2D eigenvalue weighted by Gasteiger charge is 2.09. The van der Waals surface area contributed by atoms with Crippen molar-refractivity contribution in [3.05, 3.63) is 48.1 Å². The lowest BCUT2D eigenvalue weighted by Gasteiger charge is -2.01. The summed E-state index contributed by atoms with van der Waals surface area (Å²) < 4.78 is 5.52. The Morgan fingerprint density at radius 2 is 1.88 bits per heavy atom. The number of aromatic nitrogens is 2.